The van der Waals surface area contributed by atoms with Crippen molar-refractivity contribution in [1.29, 1.82) is 0 Å². The van der Waals surface area contributed by atoms with E-state index in [1.807, 2.05) is 25.2 Å². The van der Waals surface area contributed by atoms with Crippen LogP contribution in [0.4, 0.5) is 0 Å². The maximum atomic E-state index is 6.08. The Morgan fingerprint density at radius 2 is 1.82 bits per heavy atom. The Labute approximate surface area is 107 Å². The molecule has 0 amide bonds. The van der Waals surface area contributed by atoms with Crippen molar-refractivity contribution < 1.29 is 9.16 Å². The van der Waals surface area contributed by atoms with E-state index in [0.717, 1.165) is 0 Å². The SMILES string of the molecule is C=C/C=C/C=C(/OCC)O[Si](C)(C)C(C)(C)C. The molecule has 0 bridgehead atoms. The molecule has 3 heteroatoms. The summed E-state index contributed by atoms with van der Waals surface area (Å²) in [6, 6.07) is 0. The summed E-state index contributed by atoms with van der Waals surface area (Å²) in [4.78, 5) is 0. The van der Waals surface area contributed by atoms with E-state index < -0.39 is 8.32 Å². The van der Waals surface area contributed by atoms with Gasteiger partial charge in [-0.15, -0.1) is 0 Å². The molecule has 98 valence electrons. The molecule has 0 radical (unpaired) electrons. The van der Waals surface area contributed by atoms with Gasteiger partial charge in [-0.25, -0.2) is 0 Å². The van der Waals surface area contributed by atoms with Gasteiger partial charge in [-0.05, 0) is 25.1 Å². The van der Waals surface area contributed by atoms with Crippen LogP contribution in [0.3, 0.4) is 0 Å². The minimum atomic E-state index is -1.82. The van der Waals surface area contributed by atoms with Crippen LogP contribution in [0.15, 0.2) is 36.8 Å². The lowest BCUT2D eigenvalue weighted by Gasteiger charge is -2.36. The van der Waals surface area contributed by atoms with Gasteiger partial charge in [0.2, 0.25) is 0 Å². The highest BCUT2D eigenvalue weighted by Gasteiger charge is 2.39. The number of hydrogen-bond donors (Lipinski definition) is 0. The van der Waals surface area contributed by atoms with Crippen molar-refractivity contribution in [2.24, 2.45) is 0 Å². The van der Waals surface area contributed by atoms with Gasteiger partial charge >= 0.3 is 0 Å². The maximum absolute atomic E-state index is 6.08. The summed E-state index contributed by atoms with van der Waals surface area (Å²) in [5.41, 5.74) is 0. The average Bonchev–Trinajstić information content (AvgIpc) is 2.16. The third kappa shape index (κ3) is 5.77. The van der Waals surface area contributed by atoms with Crippen LogP contribution < -0.4 is 0 Å². The molecule has 0 fully saturated rings. The average molecular weight is 254 g/mol. The highest BCUT2D eigenvalue weighted by Crippen LogP contribution is 2.37. The first kappa shape index (κ1) is 16.0. The van der Waals surface area contributed by atoms with E-state index in [9.17, 15) is 0 Å². The highest BCUT2D eigenvalue weighted by atomic mass is 28.4. The van der Waals surface area contributed by atoms with E-state index in [2.05, 4.69) is 40.4 Å². The van der Waals surface area contributed by atoms with Crippen LogP contribution in [0.1, 0.15) is 27.7 Å². The second-order valence-electron chi connectivity index (χ2n) is 5.40. The maximum Gasteiger partial charge on any atom is 0.265 e. The van der Waals surface area contributed by atoms with Crippen molar-refractivity contribution in [1.82, 2.24) is 0 Å². The zero-order valence-electron chi connectivity index (χ0n) is 12.0. The Morgan fingerprint density at radius 3 is 2.24 bits per heavy atom. The molecule has 0 aliphatic rings. The summed E-state index contributed by atoms with van der Waals surface area (Å²) in [5, 5.41) is 0.172. The molecule has 0 aliphatic heterocycles. The normalized spacial score (nSPS) is 13.9. The summed E-state index contributed by atoms with van der Waals surface area (Å²) in [5.74, 6) is 0.609. The third-order valence-electron chi connectivity index (χ3n) is 2.93. The highest BCUT2D eigenvalue weighted by molar-refractivity contribution is 6.74. The smallest absolute Gasteiger partial charge is 0.265 e. The molecule has 0 aliphatic carbocycles. The number of hydrogen-bond acceptors (Lipinski definition) is 2. The molecule has 0 saturated heterocycles. The molecule has 0 spiro atoms. The second-order valence-corrected chi connectivity index (χ2v) is 10.1. The van der Waals surface area contributed by atoms with Crippen molar-refractivity contribution in [3.63, 3.8) is 0 Å². The van der Waals surface area contributed by atoms with Gasteiger partial charge in [0.1, 0.15) is 0 Å². The molecule has 0 aromatic carbocycles. The van der Waals surface area contributed by atoms with E-state index >= 15 is 0 Å². The topological polar surface area (TPSA) is 18.5 Å². The summed E-state index contributed by atoms with van der Waals surface area (Å²) in [6.07, 6.45) is 7.32. The Kier molecular flexibility index (Phi) is 6.32. The Morgan fingerprint density at radius 1 is 1.24 bits per heavy atom. The number of rotatable bonds is 6. The van der Waals surface area contributed by atoms with E-state index in [-0.39, 0.29) is 5.04 Å². The first-order valence-corrected chi connectivity index (χ1v) is 8.96. The van der Waals surface area contributed by atoms with Crippen LogP contribution in [0.2, 0.25) is 18.1 Å². The van der Waals surface area contributed by atoms with Gasteiger partial charge in [0.15, 0.2) is 0 Å². The van der Waals surface area contributed by atoms with Crippen LogP contribution in [0, 0.1) is 0 Å². The molecule has 0 heterocycles. The quantitative estimate of drug-likeness (QED) is 0.391. The molecule has 0 aromatic heterocycles. The van der Waals surface area contributed by atoms with Crippen LogP contribution in [-0.2, 0) is 9.16 Å². The number of ether oxygens (including phenoxy) is 1. The van der Waals surface area contributed by atoms with Crippen LogP contribution >= 0.6 is 0 Å². The molecule has 0 unspecified atom stereocenters. The zero-order chi connectivity index (χ0) is 13.5. The summed E-state index contributed by atoms with van der Waals surface area (Å²) in [7, 11) is -1.82. The zero-order valence-corrected chi connectivity index (χ0v) is 13.0. The first-order chi connectivity index (χ1) is 7.74. The molecule has 0 saturated carbocycles. The molecule has 0 aromatic rings. The Bertz CT molecular complexity index is 296. The van der Waals surface area contributed by atoms with Gasteiger partial charge < -0.3 is 9.16 Å². The van der Waals surface area contributed by atoms with Gasteiger partial charge in [0.05, 0.1) is 6.61 Å². The number of allylic oxidation sites excluding steroid dienone is 4. The van der Waals surface area contributed by atoms with Crippen molar-refractivity contribution in [2.45, 2.75) is 45.8 Å². The predicted octanol–water partition coefficient (Wildman–Crippen LogP) is 4.63. The van der Waals surface area contributed by atoms with Crippen molar-refractivity contribution in [2.75, 3.05) is 6.61 Å². The minimum absolute atomic E-state index is 0.172. The largest absolute Gasteiger partial charge is 0.519 e. The molecular weight excluding hydrogens is 228 g/mol. The van der Waals surface area contributed by atoms with Crippen molar-refractivity contribution in [3.05, 3.63) is 36.8 Å². The Hall–Kier alpha value is -0.963. The monoisotopic (exact) mass is 254 g/mol. The van der Waals surface area contributed by atoms with Crippen LogP contribution in [0.5, 0.6) is 0 Å². The molecule has 0 rings (SSSR count). The van der Waals surface area contributed by atoms with Gasteiger partial charge in [-0.2, -0.15) is 0 Å². The molecule has 17 heavy (non-hydrogen) atoms. The van der Waals surface area contributed by atoms with E-state index in [4.69, 9.17) is 9.16 Å². The summed E-state index contributed by atoms with van der Waals surface area (Å²) < 4.78 is 11.6. The standard InChI is InChI=1S/C14H26O2Si/c1-8-10-11-12-13(15-9-2)16-17(6,7)14(3,4)5/h8,10-12H,1,9H2,2-7H3/b11-10+,13-12-. The lowest BCUT2D eigenvalue weighted by Crippen LogP contribution is -2.40. The fourth-order valence-electron chi connectivity index (χ4n) is 0.871. The van der Waals surface area contributed by atoms with E-state index in [1.54, 1.807) is 6.08 Å². The van der Waals surface area contributed by atoms with E-state index in [0.29, 0.717) is 12.6 Å². The van der Waals surface area contributed by atoms with Gasteiger partial charge in [0, 0.05) is 6.08 Å². The molecule has 0 atom stereocenters. The fraction of sp³-hybridized carbons (Fsp3) is 0.571. The second kappa shape index (κ2) is 6.69. The molecule has 2 nitrogen and oxygen atoms in total. The molecular formula is C14H26O2Si. The first-order valence-electron chi connectivity index (χ1n) is 6.06. The fourth-order valence-corrected chi connectivity index (χ4v) is 1.81. The van der Waals surface area contributed by atoms with Crippen molar-refractivity contribution in [3.8, 4) is 0 Å². The van der Waals surface area contributed by atoms with Crippen LogP contribution in [-0.4, -0.2) is 14.9 Å². The van der Waals surface area contributed by atoms with Crippen LogP contribution in [0.25, 0.3) is 0 Å². The van der Waals surface area contributed by atoms with E-state index in [1.165, 1.54) is 0 Å². The van der Waals surface area contributed by atoms with Gasteiger partial charge in [0.25, 0.3) is 14.3 Å². The predicted molar refractivity (Wildman–Crippen MR) is 77.3 cm³/mol. The lowest BCUT2D eigenvalue weighted by atomic mass is 10.2. The Balaban J connectivity index is 4.81. The third-order valence-corrected chi connectivity index (χ3v) is 7.25. The van der Waals surface area contributed by atoms with Gasteiger partial charge in [-0.1, -0.05) is 45.6 Å². The minimum Gasteiger partial charge on any atom is -0.519 e. The lowest BCUT2D eigenvalue weighted by molar-refractivity contribution is 0.107. The summed E-state index contributed by atoms with van der Waals surface area (Å²) >= 11 is 0. The molecule has 0 N–H and O–H groups in total. The van der Waals surface area contributed by atoms with Gasteiger partial charge in [-0.3, -0.25) is 0 Å². The summed E-state index contributed by atoms with van der Waals surface area (Å²) in [6.45, 7) is 17.2. The van der Waals surface area contributed by atoms with Crippen molar-refractivity contribution >= 4 is 8.32 Å².